The Morgan fingerprint density at radius 1 is 1.46 bits per heavy atom. The molecule has 0 aliphatic carbocycles. The first-order valence-corrected chi connectivity index (χ1v) is 4.38. The van der Waals surface area contributed by atoms with E-state index in [9.17, 15) is 9.59 Å². The van der Waals surface area contributed by atoms with E-state index in [1.54, 1.807) is 4.90 Å². The Kier molecular flexibility index (Phi) is 1.60. The fourth-order valence-corrected chi connectivity index (χ4v) is 1.99. The van der Waals surface area contributed by atoms with Crippen molar-refractivity contribution in [2.45, 2.75) is 12.5 Å². The summed E-state index contributed by atoms with van der Waals surface area (Å²) in [5.41, 5.74) is -0.649. The smallest absolute Gasteiger partial charge is 0.312 e. The summed E-state index contributed by atoms with van der Waals surface area (Å²) in [4.78, 5) is 26.1. The molecule has 1 atom stereocenters. The molecule has 2 rings (SSSR count). The van der Waals surface area contributed by atoms with Crippen LogP contribution in [0, 0.1) is 0 Å². The third-order valence-electron chi connectivity index (χ3n) is 2.86. The molecule has 1 N–H and O–H groups in total. The average Bonchev–Trinajstić information content (AvgIpc) is 2.29. The first-order chi connectivity index (χ1) is 6.07. The molecule has 13 heavy (non-hydrogen) atoms. The number of nitrogens with one attached hydrogen (secondary N) is 1. The number of imide groups is 1. The van der Waals surface area contributed by atoms with Crippen LogP contribution in [-0.4, -0.2) is 54.0 Å². The van der Waals surface area contributed by atoms with Crippen LogP contribution in [0.25, 0.3) is 0 Å². The van der Waals surface area contributed by atoms with Gasteiger partial charge in [-0.05, 0) is 6.92 Å². The maximum Gasteiger partial charge on any atom is 0.327 e. The van der Waals surface area contributed by atoms with E-state index in [0.29, 0.717) is 13.1 Å². The first kappa shape index (κ1) is 8.50. The minimum Gasteiger partial charge on any atom is -0.312 e. The Morgan fingerprint density at radius 3 is 2.77 bits per heavy atom. The number of carbonyl (C=O) groups excluding carboxylic acids is 2. The molecular formula is C8H13N3O2. The second kappa shape index (κ2) is 2.45. The molecule has 2 fully saturated rings. The van der Waals surface area contributed by atoms with Gasteiger partial charge in [-0.3, -0.25) is 9.69 Å². The number of hydrogen-bond acceptors (Lipinski definition) is 3. The second-order valence-electron chi connectivity index (χ2n) is 3.75. The van der Waals surface area contributed by atoms with Gasteiger partial charge in [0.1, 0.15) is 5.54 Å². The van der Waals surface area contributed by atoms with E-state index in [0.717, 1.165) is 6.54 Å². The summed E-state index contributed by atoms with van der Waals surface area (Å²) in [6.45, 7) is 3.75. The van der Waals surface area contributed by atoms with Gasteiger partial charge in [0.2, 0.25) is 0 Å². The van der Waals surface area contributed by atoms with Crippen molar-refractivity contribution in [2.75, 3.05) is 26.7 Å². The monoisotopic (exact) mass is 183 g/mol. The Hall–Kier alpha value is -1.10. The van der Waals surface area contributed by atoms with Gasteiger partial charge in [0.15, 0.2) is 0 Å². The second-order valence-corrected chi connectivity index (χ2v) is 3.75. The number of piperazine rings is 1. The van der Waals surface area contributed by atoms with Crippen molar-refractivity contribution in [3.63, 3.8) is 0 Å². The van der Waals surface area contributed by atoms with Gasteiger partial charge in [-0.15, -0.1) is 0 Å². The molecule has 0 spiro atoms. The van der Waals surface area contributed by atoms with Gasteiger partial charge in [0.05, 0.1) is 0 Å². The van der Waals surface area contributed by atoms with Crippen LogP contribution < -0.4 is 5.32 Å². The van der Waals surface area contributed by atoms with Gasteiger partial charge in [-0.1, -0.05) is 0 Å². The summed E-state index contributed by atoms with van der Waals surface area (Å²) in [5, 5.41) is 3.13. The lowest BCUT2D eigenvalue weighted by Gasteiger charge is -2.36. The van der Waals surface area contributed by atoms with E-state index in [-0.39, 0.29) is 11.9 Å². The predicted molar refractivity (Wildman–Crippen MR) is 46.1 cm³/mol. The lowest BCUT2D eigenvalue weighted by molar-refractivity contribution is -0.132. The maximum absolute atomic E-state index is 11.7. The molecule has 0 aromatic carbocycles. The van der Waals surface area contributed by atoms with Crippen LogP contribution in [0.5, 0.6) is 0 Å². The van der Waals surface area contributed by atoms with Crippen molar-refractivity contribution in [3.8, 4) is 0 Å². The van der Waals surface area contributed by atoms with E-state index >= 15 is 0 Å². The highest BCUT2D eigenvalue weighted by molar-refractivity contribution is 6.06. The van der Waals surface area contributed by atoms with Gasteiger partial charge < -0.3 is 10.2 Å². The number of urea groups is 1. The van der Waals surface area contributed by atoms with Gasteiger partial charge in [-0.2, -0.15) is 0 Å². The molecule has 72 valence electrons. The van der Waals surface area contributed by atoms with E-state index in [1.807, 2.05) is 6.92 Å². The molecule has 2 aliphatic rings. The third-order valence-corrected chi connectivity index (χ3v) is 2.86. The van der Waals surface area contributed by atoms with Crippen molar-refractivity contribution in [3.05, 3.63) is 0 Å². The molecule has 0 aromatic heterocycles. The Balaban J connectivity index is 2.38. The van der Waals surface area contributed by atoms with Gasteiger partial charge >= 0.3 is 6.03 Å². The molecule has 3 amide bonds. The fourth-order valence-electron chi connectivity index (χ4n) is 1.99. The molecule has 0 saturated carbocycles. The van der Waals surface area contributed by atoms with Crippen LogP contribution in [0.1, 0.15) is 6.92 Å². The van der Waals surface area contributed by atoms with E-state index in [4.69, 9.17) is 0 Å². The van der Waals surface area contributed by atoms with Crippen LogP contribution in [0.15, 0.2) is 0 Å². The molecule has 2 heterocycles. The summed E-state index contributed by atoms with van der Waals surface area (Å²) >= 11 is 0. The molecule has 0 aromatic rings. The van der Waals surface area contributed by atoms with Crippen molar-refractivity contribution >= 4 is 11.9 Å². The average molecular weight is 183 g/mol. The Bertz CT molecular complexity index is 279. The highest BCUT2D eigenvalue weighted by Crippen LogP contribution is 2.27. The summed E-state index contributed by atoms with van der Waals surface area (Å²) in [7, 11) is 1.54. The van der Waals surface area contributed by atoms with Crippen LogP contribution >= 0.6 is 0 Å². The summed E-state index contributed by atoms with van der Waals surface area (Å²) in [5.74, 6) is -0.107. The number of hydrogen-bond donors (Lipinski definition) is 1. The standard InChI is InChI=1S/C8H13N3O2/c1-8-5-9-3-4-11(8)7(13)10(2)6(8)12/h9H,3-5H2,1-2H3/t8-/m0/s1. The normalized spacial score (nSPS) is 34.0. The lowest BCUT2D eigenvalue weighted by Crippen LogP contribution is -2.59. The van der Waals surface area contributed by atoms with Crippen LogP contribution in [-0.2, 0) is 4.79 Å². The Labute approximate surface area is 76.7 Å². The largest absolute Gasteiger partial charge is 0.327 e. The minimum atomic E-state index is -0.649. The quantitative estimate of drug-likeness (QED) is 0.502. The molecule has 2 saturated heterocycles. The molecule has 5 nitrogen and oxygen atoms in total. The number of nitrogens with zero attached hydrogens (tertiary/aromatic N) is 2. The topological polar surface area (TPSA) is 52.7 Å². The number of carbonyl (C=O) groups is 2. The molecule has 0 bridgehead atoms. The number of fused-ring (bicyclic) bond motifs is 1. The number of amides is 3. The molecule has 2 aliphatic heterocycles. The minimum absolute atomic E-state index is 0.107. The third kappa shape index (κ3) is 0.904. The summed E-state index contributed by atoms with van der Waals surface area (Å²) in [6.07, 6.45) is 0. The fraction of sp³-hybridized carbons (Fsp3) is 0.750. The molecular weight excluding hydrogens is 170 g/mol. The van der Waals surface area contributed by atoms with Gasteiger partial charge in [-0.25, -0.2) is 4.79 Å². The van der Waals surface area contributed by atoms with Crippen LogP contribution in [0.3, 0.4) is 0 Å². The predicted octanol–water partition coefficient (Wildman–Crippen LogP) is -0.758. The lowest BCUT2D eigenvalue weighted by atomic mass is 9.99. The number of rotatable bonds is 0. The zero-order valence-corrected chi connectivity index (χ0v) is 7.83. The Morgan fingerprint density at radius 2 is 2.15 bits per heavy atom. The molecule has 5 heteroatoms. The highest BCUT2D eigenvalue weighted by Gasteiger charge is 2.53. The number of likely N-dealkylation sites (N-methyl/N-ethyl adjacent to an activating group) is 1. The maximum atomic E-state index is 11.7. The van der Waals surface area contributed by atoms with Crippen LogP contribution in [0.2, 0.25) is 0 Å². The highest BCUT2D eigenvalue weighted by atomic mass is 16.2. The van der Waals surface area contributed by atoms with Crippen molar-refractivity contribution < 1.29 is 9.59 Å². The van der Waals surface area contributed by atoms with Crippen molar-refractivity contribution in [1.29, 1.82) is 0 Å². The van der Waals surface area contributed by atoms with Gasteiger partial charge in [0, 0.05) is 26.7 Å². The van der Waals surface area contributed by atoms with E-state index < -0.39 is 5.54 Å². The molecule has 0 unspecified atom stereocenters. The zero-order chi connectivity index (χ0) is 9.64. The SMILES string of the molecule is CN1C(=O)N2CCNC[C@@]2(C)C1=O. The van der Waals surface area contributed by atoms with Crippen molar-refractivity contribution in [2.24, 2.45) is 0 Å². The first-order valence-electron chi connectivity index (χ1n) is 4.38. The van der Waals surface area contributed by atoms with Crippen molar-refractivity contribution in [1.82, 2.24) is 15.1 Å². The van der Waals surface area contributed by atoms with E-state index in [1.165, 1.54) is 11.9 Å². The summed E-state index contributed by atoms with van der Waals surface area (Å²) in [6, 6.07) is -0.172. The van der Waals surface area contributed by atoms with Gasteiger partial charge in [0.25, 0.3) is 5.91 Å². The van der Waals surface area contributed by atoms with E-state index in [2.05, 4.69) is 5.32 Å². The van der Waals surface area contributed by atoms with Crippen LogP contribution in [0.4, 0.5) is 4.79 Å². The molecule has 0 radical (unpaired) electrons. The summed E-state index contributed by atoms with van der Waals surface area (Å²) < 4.78 is 0. The zero-order valence-electron chi connectivity index (χ0n) is 7.83.